The molecule has 0 spiro atoms. The third kappa shape index (κ3) is 4.22. The Morgan fingerprint density at radius 3 is 2.37 bits per heavy atom. The molecule has 0 aliphatic carbocycles. The highest BCUT2D eigenvalue weighted by molar-refractivity contribution is 6.06. The first-order valence-corrected chi connectivity index (χ1v) is 10.3. The van der Waals surface area contributed by atoms with Crippen LogP contribution in [0.3, 0.4) is 0 Å². The van der Waals surface area contributed by atoms with Gasteiger partial charge in [0.2, 0.25) is 5.89 Å². The summed E-state index contributed by atoms with van der Waals surface area (Å²) in [5.41, 5.74) is 2.44. The molecule has 0 aliphatic heterocycles. The Kier molecular flexibility index (Phi) is 5.47. The summed E-state index contributed by atoms with van der Waals surface area (Å²) in [6.07, 6.45) is 0. The van der Waals surface area contributed by atoms with Crippen molar-refractivity contribution < 1.29 is 9.32 Å². The molecule has 3 aromatic heterocycles. The molecule has 0 radical (unpaired) electrons. The summed E-state index contributed by atoms with van der Waals surface area (Å²) in [6, 6.07) is 1.86. The Balaban J connectivity index is 1.99. The van der Waals surface area contributed by atoms with Crippen LogP contribution in [0.15, 0.2) is 10.6 Å². The number of rotatable bonds is 4. The number of hydrogen-bond acceptors (Lipinski definition) is 6. The lowest BCUT2D eigenvalue weighted by atomic mass is 9.97. The van der Waals surface area contributed by atoms with Gasteiger partial charge in [-0.25, -0.2) is 9.67 Å². The summed E-state index contributed by atoms with van der Waals surface area (Å²) in [5, 5.41) is 12.4. The predicted octanol–water partition coefficient (Wildman–Crippen LogP) is 4.23. The molecule has 0 bridgehead atoms. The van der Waals surface area contributed by atoms with Gasteiger partial charge in [-0.05, 0) is 39.7 Å². The molecule has 0 atom stereocenters. The molecule has 0 fully saturated rings. The maximum atomic E-state index is 13.2. The first-order valence-electron chi connectivity index (χ1n) is 10.3. The molecule has 0 saturated carbocycles. The number of hydrogen-bond donors (Lipinski definition) is 1. The molecule has 3 aromatic rings. The van der Waals surface area contributed by atoms with E-state index in [1.54, 1.807) is 0 Å². The van der Waals surface area contributed by atoms with Crippen LogP contribution in [0.25, 0.3) is 11.0 Å². The van der Waals surface area contributed by atoms with E-state index < -0.39 is 0 Å². The molecule has 0 saturated heterocycles. The number of aromatic nitrogens is 5. The smallest absolute Gasteiger partial charge is 0.252 e. The number of nitrogens with one attached hydrogen (secondary N) is 1. The van der Waals surface area contributed by atoms with E-state index >= 15 is 0 Å². The summed E-state index contributed by atoms with van der Waals surface area (Å²) in [5.74, 6) is 0.964. The van der Waals surface area contributed by atoms with Crippen molar-refractivity contribution in [2.75, 3.05) is 0 Å². The molecule has 1 N–H and O–H groups in total. The molecular weight excluding hydrogens is 380 g/mol. The van der Waals surface area contributed by atoms with Crippen LogP contribution in [0.5, 0.6) is 0 Å². The van der Waals surface area contributed by atoms with Gasteiger partial charge in [0.1, 0.15) is 0 Å². The Labute approximate surface area is 177 Å². The van der Waals surface area contributed by atoms with Crippen molar-refractivity contribution in [2.45, 2.75) is 85.7 Å². The van der Waals surface area contributed by atoms with Gasteiger partial charge in [0.25, 0.3) is 5.91 Å². The van der Waals surface area contributed by atoms with E-state index in [1.165, 1.54) is 0 Å². The predicted molar refractivity (Wildman–Crippen MR) is 116 cm³/mol. The quantitative estimate of drug-likeness (QED) is 0.688. The first kappa shape index (κ1) is 21.9. The van der Waals surface area contributed by atoms with Gasteiger partial charge in [-0.2, -0.15) is 10.1 Å². The zero-order valence-electron chi connectivity index (χ0n) is 19.4. The molecule has 1 amide bonds. The van der Waals surface area contributed by atoms with Crippen LogP contribution >= 0.6 is 0 Å². The lowest BCUT2D eigenvalue weighted by Crippen LogP contribution is -2.25. The van der Waals surface area contributed by atoms with E-state index in [4.69, 9.17) is 9.51 Å². The molecule has 0 unspecified atom stereocenters. The average molecular weight is 413 g/mol. The van der Waals surface area contributed by atoms with Gasteiger partial charge < -0.3 is 9.84 Å². The fourth-order valence-corrected chi connectivity index (χ4v) is 3.14. The van der Waals surface area contributed by atoms with Gasteiger partial charge in [0.05, 0.1) is 28.7 Å². The Morgan fingerprint density at radius 2 is 1.83 bits per heavy atom. The zero-order chi connectivity index (χ0) is 22.4. The largest absolute Gasteiger partial charge is 0.345 e. The third-order valence-corrected chi connectivity index (χ3v) is 4.82. The minimum Gasteiger partial charge on any atom is -0.345 e. The maximum absolute atomic E-state index is 13.2. The van der Waals surface area contributed by atoms with Crippen LogP contribution in [0, 0.1) is 6.92 Å². The monoisotopic (exact) mass is 412 g/mol. The van der Waals surface area contributed by atoms with Crippen LogP contribution in [-0.4, -0.2) is 30.8 Å². The van der Waals surface area contributed by atoms with Crippen molar-refractivity contribution in [3.05, 3.63) is 34.7 Å². The fraction of sp³-hybridized carbons (Fsp3) is 0.591. The number of fused-ring (bicyclic) bond motifs is 1. The third-order valence-electron chi connectivity index (χ3n) is 4.82. The van der Waals surface area contributed by atoms with Gasteiger partial charge in [0, 0.05) is 11.1 Å². The summed E-state index contributed by atoms with van der Waals surface area (Å²) in [4.78, 5) is 22.4. The van der Waals surface area contributed by atoms with Crippen molar-refractivity contribution in [2.24, 2.45) is 0 Å². The van der Waals surface area contributed by atoms with E-state index in [2.05, 4.69) is 55.2 Å². The lowest BCUT2D eigenvalue weighted by Gasteiger charge is -2.20. The van der Waals surface area contributed by atoms with Gasteiger partial charge in [-0.15, -0.1) is 0 Å². The van der Waals surface area contributed by atoms with Gasteiger partial charge in [0.15, 0.2) is 11.5 Å². The van der Waals surface area contributed by atoms with E-state index in [0.717, 1.165) is 22.4 Å². The molecule has 8 heteroatoms. The topological polar surface area (TPSA) is 98.7 Å². The average Bonchev–Trinajstić information content (AvgIpc) is 3.23. The van der Waals surface area contributed by atoms with Gasteiger partial charge in [-0.3, -0.25) is 4.79 Å². The highest BCUT2D eigenvalue weighted by Gasteiger charge is 2.26. The molecule has 0 aromatic carbocycles. The molecular formula is C22H32N6O2. The van der Waals surface area contributed by atoms with Crippen molar-refractivity contribution in [1.29, 1.82) is 0 Å². The minimum atomic E-state index is -0.253. The highest BCUT2D eigenvalue weighted by Crippen LogP contribution is 2.29. The van der Waals surface area contributed by atoms with Crippen LogP contribution in [0.4, 0.5) is 0 Å². The van der Waals surface area contributed by atoms with Crippen molar-refractivity contribution >= 4 is 16.9 Å². The zero-order valence-corrected chi connectivity index (χ0v) is 19.4. The van der Waals surface area contributed by atoms with Crippen LogP contribution in [0.2, 0.25) is 0 Å². The molecule has 0 aliphatic rings. The Bertz CT molecular complexity index is 1080. The summed E-state index contributed by atoms with van der Waals surface area (Å²) in [7, 11) is 0. The standard InChI is InChI=1S/C22H32N6O2/c1-12(2)15-10-14(17-13(3)26-28(18(17)24-15)22(7,8)9)19(29)23-11-16-25-20(30-27-16)21(4,5)6/h10,12H,11H2,1-9H3,(H,23,29). The van der Waals surface area contributed by atoms with Crippen LogP contribution < -0.4 is 5.32 Å². The van der Waals surface area contributed by atoms with Crippen molar-refractivity contribution in [1.82, 2.24) is 30.2 Å². The first-order chi connectivity index (χ1) is 13.8. The maximum Gasteiger partial charge on any atom is 0.252 e. The van der Waals surface area contributed by atoms with E-state index in [9.17, 15) is 4.79 Å². The van der Waals surface area contributed by atoms with E-state index in [0.29, 0.717) is 17.3 Å². The normalized spacial score (nSPS) is 12.7. The summed E-state index contributed by atoms with van der Waals surface area (Å²) >= 11 is 0. The number of pyridine rings is 1. The summed E-state index contributed by atoms with van der Waals surface area (Å²) in [6.45, 7) is 18.4. The summed E-state index contributed by atoms with van der Waals surface area (Å²) < 4.78 is 7.21. The minimum absolute atomic E-state index is 0.177. The second kappa shape index (κ2) is 7.49. The number of amides is 1. The van der Waals surface area contributed by atoms with Gasteiger partial charge in [-0.1, -0.05) is 39.8 Å². The Hall–Kier alpha value is -2.77. The highest BCUT2D eigenvalue weighted by atomic mass is 16.5. The SMILES string of the molecule is Cc1nn(C(C)(C)C)c2nc(C(C)C)cc(C(=O)NCc3noc(C(C)(C)C)n3)c12. The van der Waals surface area contributed by atoms with Crippen molar-refractivity contribution in [3.8, 4) is 0 Å². The molecule has 30 heavy (non-hydrogen) atoms. The van der Waals surface area contributed by atoms with Gasteiger partial charge >= 0.3 is 0 Å². The van der Waals surface area contributed by atoms with E-state index in [1.807, 2.05) is 38.4 Å². The Morgan fingerprint density at radius 1 is 1.17 bits per heavy atom. The lowest BCUT2D eigenvalue weighted by molar-refractivity contribution is 0.0951. The molecule has 3 heterocycles. The second-order valence-electron chi connectivity index (χ2n) is 10.1. The van der Waals surface area contributed by atoms with Crippen molar-refractivity contribution in [3.63, 3.8) is 0 Å². The number of carbonyl (C=O) groups is 1. The van der Waals surface area contributed by atoms with Crippen LogP contribution in [0.1, 0.15) is 94.8 Å². The number of nitrogens with zero attached hydrogens (tertiary/aromatic N) is 5. The number of carbonyl (C=O) groups excluding carboxylic acids is 1. The second-order valence-corrected chi connectivity index (χ2v) is 10.1. The van der Waals surface area contributed by atoms with Crippen LogP contribution in [-0.2, 0) is 17.5 Å². The molecule has 3 rings (SSSR count). The molecule has 162 valence electrons. The fourth-order valence-electron chi connectivity index (χ4n) is 3.14. The number of aryl methyl sites for hydroxylation is 1. The van der Waals surface area contributed by atoms with E-state index in [-0.39, 0.29) is 29.3 Å². The molecule has 8 nitrogen and oxygen atoms in total.